The van der Waals surface area contributed by atoms with E-state index in [-0.39, 0.29) is 0 Å². The normalized spacial score (nSPS) is 29.5. The average Bonchev–Trinajstić information content (AvgIpc) is 2.46. The van der Waals surface area contributed by atoms with Crippen LogP contribution in [-0.2, 0) is 0 Å². The highest BCUT2D eigenvalue weighted by molar-refractivity contribution is 8.13. The zero-order valence-corrected chi connectivity index (χ0v) is 14.2. The molecule has 2 rings (SSSR count). The summed E-state index contributed by atoms with van der Waals surface area (Å²) in [5, 5.41) is 4.84. The maximum Gasteiger partial charge on any atom is 0.156 e. The molecule has 0 aromatic rings. The predicted molar refractivity (Wildman–Crippen MR) is 90.5 cm³/mol. The van der Waals surface area contributed by atoms with Crippen molar-refractivity contribution in [3.05, 3.63) is 0 Å². The van der Waals surface area contributed by atoms with Crippen molar-refractivity contribution in [3.8, 4) is 0 Å². The third-order valence-corrected chi connectivity index (χ3v) is 6.85. The van der Waals surface area contributed by atoms with Crippen LogP contribution in [0.3, 0.4) is 0 Å². The number of rotatable bonds is 4. The van der Waals surface area contributed by atoms with Gasteiger partial charge in [-0.3, -0.25) is 4.99 Å². The van der Waals surface area contributed by atoms with Crippen molar-refractivity contribution in [3.63, 3.8) is 0 Å². The first kappa shape index (κ1) is 15.6. The van der Waals surface area contributed by atoms with E-state index in [0.717, 1.165) is 6.54 Å². The lowest BCUT2D eigenvalue weighted by molar-refractivity contribution is 0.403. The maximum absolute atomic E-state index is 4.93. The molecule has 2 nitrogen and oxygen atoms in total. The number of nitrogens with one attached hydrogen (secondary N) is 1. The zero-order chi connectivity index (χ0) is 13.7. The van der Waals surface area contributed by atoms with Crippen LogP contribution in [0, 0.1) is 5.92 Å². The summed E-state index contributed by atoms with van der Waals surface area (Å²) < 4.78 is 0.429. The van der Waals surface area contributed by atoms with E-state index in [1.54, 1.807) is 0 Å². The molecule has 1 unspecified atom stereocenters. The van der Waals surface area contributed by atoms with E-state index < -0.39 is 0 Å². The van der Waals surface area contributed by atoms with Crippen molar-refractivity contribution >= 4 is 28.7 Å². The van der Waals surface area contributed by atoms with Gasteiger partial charge in [0.2, 0.25) is 0 Å². The number of hydrogen-bond donors (Lipinski definition) is 1. The minimum atomic E-state index is 0.429. The molecule has 1 saturated heterocycles. The van der Waals surface area contributed by atoms with Gasteiger partial charge in [0.1, 0.15) is 0 Å². The van der Waals surface area contributed by atoms with E-state index >= 15 is 0 Å². The molecule has 2 aliphatic rings. The Morgan fingerprint density at radius 3 is 2.74 bits per heavy atom. The highest BCUT2D eigenvalue weighted by atomic mass is 32.2. The molecule has 4 heteroatoms. The van der Waals surface area contributed by atoms with Crippen LogP contribution in [0.2, 0.25) is 0 Å². The molecule has 1 aliphatic heterocycles. The molecule has 2 fully saturated rings. The largest absolute Gasteiger partial charge is 0.362 e. The Morgan fingerprint density at radius 1 is 1.37 bits per heavy atom. The molecule has 110 valence electrons. The molecule has 1 aliphatic carbocycles. The molecule has 0 radical (unpaired) electrons. The summed E-state index contributed by atoms with van der Waals surface area (Å²) >= 11 is 3.96. The Balaban J connectivity index is 1.92. The Labute approximate surface area is 127 Å². The summed E-state index contributed by atoms with van der Waals surface area (Å²) in [5.74, 6) is 1.93. The van der Waals surface area contributed by atoms with Crippen LogP contribution >= 0.6 is 23.5 Å². The van der Waals surface area contributed by atoms with Gasteiger partial charge in [0.25, 0.3) is 0 Å². The fraction of sp³-hybridized carbons (Fsp3) is 0.933. The molecule has 1 N–H and O–H groups in total. The lowest BCUT2D eigenvalue weighted by Crippen LogP contribution is -2.42. The van der Waals surface area contributed by atoms with E-state index in [9.17, 15) is 0 Å². The standard InChI is InChI=1S/C15H28N2S2/c1-12(2)13-7-10-19-14(17-13)16-11-15(18-3)8-5-4-6-9-15/h12-13H,4-11H2,1-3H3,(H,16,17). The smallest absolute Gasteiger partial charge is 0.156 e. The van der Waals surface area contributed by atoms with Crippen LogP contribution in [0.5, 0.6) is 0 Å². The number of thioether (sulfide) groups is 2. The Hall–Kier alpha value is 0.170. The molecule has 1 saturated carbocycles. The van der Waals surface area contributed by atoms with Gasteiger partial charge in [0.05, 0.1) is 6.54 Å². The Kier molecular flexibility index (Phi) is 5.94. The molecule has 19 heavy (non-hydrogen) atoms. The molecular formula is C15H28N2S2. The first-order chi connectivity index (χ1) is 9.15. The van der Waals surface area contributed by atoms with E-state index in [2.05, 4.69) is 25.4 Å². The summed E-state index contributed by atoms with van der Waals surface area (Å²) in [7, 11) is 0. The van der Waals surface area contributed by atoms with E-state index in [1.165, 1.54) is 49.4 Å². The van der Waals surface area contributed by atoms with Gasteiger partial charge in [-0.15, -0.1) is 0 Å². The first-order valence-electron chi connectivity index (χ1n) is 7.64. The van der Waals surface area contributed by atoms with Gasteiger partial charge in [-0.1, -0.05) is 44.9 Å². The highest BCUT2D eigenvalue weighted by Crippen LogP contribution is 2.39. The van der Waals surface area contributed by atoms with Gasteiger partial charge in [-0.2, -0.15) is 11.8 Å². The SMILES string of the molecule is CSC1(CN=C2NC(C(C)C)CCS2)CCCCC1. The second-order valence-corrected chi connectivity index (χ2v) is 8.56. The number of aliphatic imine (C=N–C) groups is 1. The number of amidine groups is 1. The quantitative estimate of drug-likeness (QED) is 0.843. The van der Waals surface area contributed by atoms with Crippen molar-refractivity contribution in [1.82, 2.24) is 5.32 Å². The fourth-order valence-corrected chi connectivity index (χ4v) is 4.83. The average molecular weight is 301 g/mol. The van der Waals surface area contributed by atoms with Crippen molar-refractivity contribution in [2.75, 3.05) is 18.6 Å². The summed E-state index contributed by atoms with van der Waals surface area (Å²) in [6.07, 6.45) is 10.4. The summed E-state index contributed by atoms with van der Waals surface area (Å²) in [4.78, 5) is 4.93. The summed E-state index contributed by atoms with van der Waals surface area (Å²) in [6.45, 7) is 5.61. The van der Waals surface area contributed by atoms with Crippen molar-refractivity contribution in [2.45, 2.75) is 63.2 Å². The maximum atomic E-state index is 4.93. The topological polar surface area (TPSA) is 24.4 Å². The molecular weight excluding hydrogens is 272 g/mol. The minimum Gasteiger partial charge on any atom is -0.362 e. The third-order valence-electron chi connectivity index (χ3n) is 4.49. The molecule has 1 atom stereocenters. The van der Waals surface area contributed by atoms with Gasteiger partial charge in [0, 0.05) is 16.5 Å². The van der Waals surface area contributed by atoms with Gasteiger partial charge < -0.3 is 5.32 Å². The van der Waals surface area contributed by atoms with Gasteiger partial charge in [-0.25, -0.2) is 0 Å². The van der Waals surface area contributed by atoms with E-state index in [1.807, 2.05) is 23.5 Å². The van der Waals surface area contributed by atoms with Crippen molar-refractivity contribution in [2.24, 2.45) is 10.9 Å². The monoisotopic (exact) mass is 300 g/mol. The minimum absolute atomic E-state index is 0.429. The lowest BCUT2D eigenvalue weighted by Gasteiger charge is -2.35. The molecule has 0 bridgehead atoms. The molecule has 0 amide bonds. The predicted octanol–water partition coefficient (Wildman–Crippen LogP) is 4.16. The summed E-state index contributed by atoms with van der Waals surface area (Å²) in [6, 6.07) is 0.622. The Bertz CT molecular complexity index is 309. The van der Waals surface area contributed by atoms with Gasteiger partial charge in [-0.05, 0) is 31.4 Å². The summed E-state index contributed by atoms with van der Waals surface area (Å²) in [5.41, 5.74) is 0. The Morgan fingerprint density at radius 2 is 2.11 bits per heavy atom. The molecule has 1 heterocycles. The zero-order valence-electron chi connectivity index (χ0n) is 12.6. The fourth-order valence-electron chi connectivity index (χ4n) is 2.99. The lowest BCUT2D eigenvalue weighted by atomic mass is 9.88. The van der Waals surface area contributed by atoms with Crippen LogP contribution in [-0.4, -0.2) is 34.5 Å². The number of nitrogens with zero attached hydrogens (tertiary/aromatic N) is 1. The van der Waals surface area contributed by atoms with Crippen molar-refractivity contribution < 1.29 is 0 Å². The van der Waals surface area contributed by atoms with Crippen LogP contribution < -0.4 is 5.32 Å². The molecule has 0 spiro atoms. The molecule has 0 aromatic heterocycles. The first-order valence-corrected chi connectivity index (χ1v) is 9.85. The van der Waals surface area contributed by atoms with Crippen LogP contribution in [0.1, 0.15) is 52.4 Å². The molecule has 0 aromatic carbocycles. The van der Waals surface area contributed by atoms with Crippen LogP contribution in [0.25, 0.3) is 0 Å². The van der Waals surface area contributed by atoms with Gasteiger partial charge in [0.15, 0.2) is 5.17 Å². The second-order valence-electron chi connectivity index (χ2n) is 6.20. The third kappa shape index (κ3) is 4.32. The van der Waals surface area contributed by atoms with Gasteiger partial charge >= 0.3 is 0 Å². The highest BCUT2D eigenvalue weighted by Gasteiger charge is 2.31. The van der Waals surface area contributed by atoms with Crippen LogP contribution in [0.4, 0.5) is 0 Å². The van der Waals surface area contributed by atoms with E-state index in [4.69, 9.17) is 4.99 Å². The van der Waals surface area contributed by atoms with Crippen molar-refractivity contribution in [1.29, 1.82) is 0 Å². The number of hydrogen-bond acceptors (Lipinski definition) is 3. The van der Waals surface area contributed by atoms with E-state index in [0.29, 0.717) is 16.7 Å². The second kappa shape index (κ2) is 7.26. The van der Waals surface area contributed by atoms with Crippen LogP contribution in [0.15, 0.2) is 4.99 Å².